The molecule has 1 unspecified atom stereocenters. The van der Waals surface area contributed by atoms with E-state index in [4.69, 9.17) is 0 Å². The number of nitrogens with zero attached hydrogens (tertiary/aromatic N) is 1. The number of aryl methyl sites for hydroxylation is 1. The Morgan fingerprint density at radius 3 is 2.31 bits per heavy atom. The van der Waals surface area contributed by atoms with E-state index in [2.05, 4.69) is 40.9 Å². The van der Waals surface area contributed by atoms with Crippen molar-refractivity contribution in [3.63, 3.8) is 0 Å². The first kappa shape index (κ1) is 23.1. The molecule has 0 bridgehead atoms. The third kappa shape index (κ3) is 6.66. The lowest BCUT2D eigenvalue weighted by Crippen LogP contribution is -2.45. The Balaban J connectivity index is 2.21. The highest BCUT2D eigenvalue weighted by atomic mass is 32.2. The number of carbonyl (C=O) groups excluding carboxylic acids is 1. The van der Waals surface area contributed by atoms with Crippen LogP contribution in [-0.2, 0) is 21.2 Å². The number of nitrogens with one attached hydrogen (secondary N) is 2. The fourth-order valence-electron chi connectivity index (χ4n) is 3.41. The van der Waals surface area contributed by atoms with Crippen molar-refractivity contribution >= 4 is 21.6 Å². The summed E-state index contributed by atoms with van der Waals surface area (Å²) in [5, 5.41) is 2.64. The van der Waals surface area contributed by atoms with Crippen molar-refractivity contribution in [3.8, 4) is 0 Å². The molecular weight excluding hydrogens is 386 g/mol. The molecule has 29 heavy (non-hydrogen) atoms. The van der Waals surface area contributed by atoms with Gasteiger partial charge in [0.2, 0.25) is 15.9 Å². The van der Waals surface area contributed by atoms with E-state index in [1.54, 1.807) is 19.1 Å². The second-order valence-corrected chi connectivity index (χ2v) is 8.81. The molecule has 7 heteroatoms. The summed E-state index contributed by atoms with van der Waals surface area (Å²) in [6.07, 6.45) is 0.760. The minimum atomic E-state index is -3.71. The van der Waals surface area contributed by atoms with E-state index in [0.29, 0.717) is 17.8 Å². The smallest absolute Gasteiger partial charge is 0.240 e. The van der Waals surface area contributed by atoms with E-state index in [1.165, 1.54) is 18.6 Å². The Morgan fingerprint density at radius 1 is 1.07 bits per heavy atom. The number of rotatable bonds is 10. The molecule has 0 fully saturated rings. The Labute approximate surface area is 174 Å². The van der Waals surface area contributed by atoms with Crippen molar-refractivity contribution in [2.24, 2.45) is 0 Å². The monoisotopic (exact) mass is 417 g/mol. The number of amides is 1. The van der Waals surface area contributed by atoms with Gasteiger partial charge in [-0.25, -0.2) is 13.1 Å². The molecule has 0 saturated carbocycles. The Kier molecular flexibility index (Phi) is 8.37. The zero-order chi connectivity index (χ0) is 21.4. The van der Waals surface area contributed by atoms with E-state index < -0.39 is 10.0 Å². The van der Waals surface area contributed by atoms with Crippen LogP contribution in [0.3, 0.4) is 0 Å². The van der Waals surface area contributed by atoms with E-state index in [0.717, 1.165) is 19.5 Å². The molecule has 158 valence electrons. The van der Waals surface area contributed by atoms with Crippen LogP contribution in [0, 0.1) is 6.92 Å². The molecule has 0 heterocycles. The fourth-order valence-corrected chi connectivity index (χ4v) is 4.75. The van der Waals surface area contributed by atoms with Crippen LogP contribution in [0.2, 0.25) is 0 Å². The maximum atomic E-state index is 13.0. The van der Waals surface area contributed by atoms with E-state index >= 15 is 0 Å². The van der Waals surface area contributed by atoms with Gasteiger partial charge in [-0.3, -0.25) is 9.69 Å². The highest BCUT2D eigenvalue weighted by molar-refractivity contribution is 7.89. The Hall–Kier alpha value is -2.22. The molecule has 0 aliphatic rings. The molecule has 2 aromatic rings. The van der Waals surface area contributed by atoms with Gasteiger partial charge >= 0.3 is 0 Å². The predicted molar refractivity (Wildman–Crippen MR) is 118 cm³/mol. The molecule has 1 amide bonds. The molecule has 0 saturated heterocycles. The summed E-state index contributed by atoms with van der Waals surface area (Å²) in [4.78, 5) is 13.7. The molecule has 0 aliphatic heterocycles. The number of benzene rings is 2. The summed E-state index contributed by atoms with van der Waals surface area (Å²) >= 11 is 0. The number of hydrogen-bond acceptors (Lipinski definition) is 4. The molecule has 1 atom stereocenters. The maximum absolute atomic E-state index is 13.0. The van der Waals surface area contributed by atoms with Crippen molar-refractivity contribution in [2.75, 3.05) is 25.0 Å². The van der Waals surface area contributed by atoms with Gasteiger partial charge in [-0.05, 0) is 49.7 Å². The molecule has 0 aliphatic carbocycles. The molecule has 2 N–H and O–H groups in total. The standard InChI is InChI=1S/C22H31N3O3S/c1-5-25(6-2)21(14-19-10-8-7-9-11-19)16-23-29(27,28)22-15-20(24-18(4)26)13-12-17(22)3/h7-13,15,21,23H,5-6,14,16H2,1-4H3,(H,24,26). The summed E-state index contributed by atoms with van der Waals surface area (Å²) in [5.41, 5.74) is 2.27. The van der Waals surface area contributed by atoms with Crippen LogP contribution in [0.4, 0.5) is 5.69 Å². The molecule has 0 radical (unpaired) electrons. The van der Waals surface area contributed by atoms with Gasteiger partial charge in [-0.2, -0.15) is 0 Å². The van der Waals surface area contributed by atoms with E-state index in [1.807, 2.05) is 18.2 Å². The highest BCUT2D eigenvalue weighted by Gasteiger charge is 2.22. The molecule has 0 spiro atoms. The zero-order valence-corrected chi connectivity index (χ0v) is 18.4. The SMILES string of the molecule is CCN(CC)C(CNS(=O)(=O)c1cc(NC(C)=O)ccc1C)Cc1ccccc1. The van der Waals surface area contributed by atoms with Gasteiger partial charge in [-0.1, -0.05) is 50.2 Å². The van der Waals surface area contributed by atoms with Crippen molar-refractivity contribution in [1.82, 2.24) is 9.62 Å². The topological polar surface area (TPSA) is 78.5 Å². The zero-order valence-electron chi connectivity index (χ0n) is 17.6. The van der Waals surface area contributed by atoms with Gasteiger partial charge in [0.05, 0.1) is 4.90 Å². The Morgan fingerprint density at radius 2 is 1.72 bits per heavy atom. The second kappa shape index (κ2) is 10.5. The quantitative estimate of drug-likeness (QED) is 0.622. The van der Waals surface area contributed by atoms with Crippen molar-refractivity contribution < 1.29 is 13.2 Å². The lowest BCUT2D eigenvalue weighted by Gasteiger charge is -2.30. The fraction of sp³-hybridized carbons (Fsp3) is 0.409. The number of hydrogen-bond donors (Lipinski definition) is 2. The second-order valence-electron chi connectivity index (χ2n) is 7.08. The van der Waals surface area contributed by atoms with Crippen LogP contribution in [0.25, 0.3) is 0 Å². The summed E-state index contributed by atoms with van der Waals surface area (Å²) in [6, 6.07) is 15.0. The predicted octanol–water partition coefficient (Wildman–Crippen LogP) is 3.18. The maximum Gasteiger partial charge on any atom is 0.240 e. The third-order valence-corrected chi connectivity index (χ3v) is 6.52. The van der Waals surface area contributed by atoms with Crippen LogP contribution in [0.5, 0.6) is 0 Å². The number of carbonyl (C=O) groups is 1. The summed E-state index contributed by atoms with van der Waals surface area (Å²) < 4.78 is 28.8. The lowest BCUT2D eigenvalue weighted by molar-refractivity contribution is -0.114. The van der Waals surface area contributed by atoms with Gasteiger partial charge in [0.15, 0.2) is 0 Å². The van der Waals surface area contributed by atoms with Crippen molar-refractivity contribution in [3.05, 3.63) is 59.7 Å². The summed E-state index contributed by atoms with van der Waals surface area (Å²) in [6.45, 7) is 9.29. The van der Waals surface area contributed by atoms with E-state index in [9.17, 15) is 13.2 Å². The molecule has 0 aromatic heterocycles. The van der Waals surface area contributed by atoms with Gasteiger partial charge < -0.3 is 5.32 Å². The minimum absolute atomic E-state index is 0.0426. The van der Waals surface area contributed by atoms with Gasteiger partial charge in [0.25, 0.3) is 0 Å². The van der Waals surface area contributed by atoms with Gasteiger partial charge in [-0.15, -0.1) is 0 Å². The number of likely N-dealkylation sites (N-methyl/N-ethyl adjacent to an activating group) is 1. The van der Waals surface area contributed by atoms with Crippen LogP contribution >= 0.6 is 0 Å². The third-order valence-electron chi connectivity index (χ3n) is 4.95. The first-order valence-corrected chi connectivity index (χ1v) is 11.4. The van der Waals surface area contributed by atoms with Crippen LogP contribution in [-0.4, -0.2) is 44.9 Å². The highest BCUT2D eigenvalue weighted by Crippen LogP contribution is 2.20. The minimum Gasteiger partial charge on any atom is -0.326 e. The van der Waals surface area contributed by atoms with Crippen LogP contribution in [0.15, 0.2) is 53.4 Å². The van der Waals surface area contributed by atoms with E-state index in [-0.39, 0.29) is 16.8 Å². The summed E-state index contributed by atoms with van der Waals surface area (Å²) in [5.74, 6) is -0.241. The van der Waals surface area contributed by atoms with Crippen LogP contribution < -0.4 is 10.0 Å². The Bertz CT molecular complexity index is 910. The van der Waals surface area contributed by atoms with Crippen molar-refractivity contribution in [1.29, 1.82) is 0 Å². The average Bonchev–Trinajstić information content (AvgIpc) is 2.68. The molecule has 6 nitrogen and oxygen atoms in total. The number of anilines is 1. The van der Waals surface area contributed by atoms with Gasteiger partial charge in [0, 0.05) is 25.2 Å². The first-order valence-electron chi connectivity index (χ1n) is 9.92. The summed E-state index contributed by atoms with van der Waals surface area (Å²) in [7, 11) is -3.71. The molecule has 2 aromatic carbocycles. The average molecular weight is 418 g/mol. The number of sulfonamides is 1. The van der Waals surface area contributed by atoms with Crippen LogP contribution in [0.1, 0.15) is 31.9 Å². The molecule has 2 rings (SSSR count). The van der Waals surface area contributed by atoms with Crippen molar-refractivity contribution in [2.45, 2.75) is 45.1 Å². The van der Waals surface area contributed by atoms with Gasteiger partial charge in [0.1, 0.15) is 0 Å². The lowest BCUT2D eigenvalue weighted by atomic mass is 10.0. The largest absolute Gasteiger partial charge is 0.326 e. The first-order chi connectivity index (χ1) is 13.8. The molecular formula is C22H31N3O3S. The normalized spacial score (nSPS) is 12.7.